The van der Waals surface area contributed by atoms with E-state index in [0.717, 1.165) is 71.6 Å². The molecule has 1 aliphatic carbocycles. The zero-order valence-corrected chi connectivity index (χ0v) is 23.0. The molecule has 0 amide bonds. The number of anilines is 1. The Morgan fingerprint density at radius 2 is 1.64 bits per heavy atom. The number of benzene rings is 2. The van der Waals surface area contributed by atoms with Gasteiger partial charge in [-0.25, -0.2) is 9.97 Å². The third-order valence-corrected chi connectivity index (χ3v) is 7.59. The molecule has 1 fully saturated rings. The average molecular weight is 520 g/mol. The van der Waals surface area contributed by atoms with E-state index in [1.54, 1.807) is 6.92 Å². The van der Waals surface area contributed by atoms with E-state index in [4.69, 9.17) is 15.5 Å². The summed E-state index contributed by atoms with van der Waals surface area (Å²) in [4.78, 5) is 21.0. The largest absolute Gasteiger partial charge is 0.457 e. The lowest BCUT2D eigenvalue weighted by molar-refractivity contribution is -0.114. The van der Waals surface area contributed by atoms with Crippen LogP contribution in [0, 0.1) is 23.7 Å². The Morgan fingerprint density at radius 3 is 2.28 bits per heavy atom. The molecule has 2 aromatic carbocycles. The SMILES string of the molecule is C=C(c1ccc(Oc2ccccc2)cc1)c1c(N)ncnc1C(CC1CCC(CC(=O)C#CC)CC1)C(=C)C. The standard InChI is InChI=1S/C34H37N3O2/c1-5-9-28(38)20-25-12-14-26(15-13-25)21-31(23(2)3)33-32(34(35)37-22-36-33)24(4)27-16-18-30(19-17-27)39-29-10-7-6-8-11-29/h6-8,10-11,16-19,22,25-26,31H,2,4,12-15,20-21H2,1,3H3,(H2,35,36,37). The van der Waals surface area contributed by atoms with Gasteiger partial charge in [0.05, 0.1) is 5.69 Å². The number of Topliss-reactive ketones (excluding diaryl/α,β-unsaturated/α-hetero) is 1. The third kappa shape index (κ3) is 7.23. The van der Waals surface area contributed by atoms with Crippen molar-refractivity contribution in [2.45, 2.75) is 58.3 Å². The van der Waals surface area contributed by atoms with Crippen LogP contribution < -0.4 is 10.5 Å². The van der Waals surface area contributed by atoms with Gasteiger partial charge in [0.25, 0.3) is 0 Å². The molecule has 2 N–H and O–H groups in total. The van der Waals surface area contributed by atoms with Gasteiger partial charge in [-0.05, 0) is 86.3 Å². The van der Waals surface area contributed by atoms with Crippen LogP contribution in [0.25, 0.3) is 5.57 Å². The second-order valence-electron chi connectivity index (χ2n) is 10.5. The molecule has 200 valence electrons. The van der Waals surface area contributed by atoms with Crippen molar-refractivity contribution < 1.29 is 9.53 Å². The fourth-order valence-electron chi connectivity index (χ4n) is 5.48. The predicted octanol–water partition coefficient (Wildman–Crippen LogP) is 7.75. The Bertz CT molecular complexity index is 1380. The van der Waals surface area contributed by atoms with Crippen molar-refractivity contribution in [2.75, 3.05) is 5.73 Å². The van der Waals surface area contributed by atoms with Crippen LogP contribution >= 0.6 is 0 Å². The summed E-state index contributed by atoms with van der Waals surface area (Å²) in [5.41, 5.74) is 10.8. The first kappa shape index (κ1) is 27.9. The highest BCUT2D eigenvalue weighted by molar-refractivity contribution is 5.95. The van der Waals surface area contributed by atoms with Crippen LogP contribution in [0.4, 0.5) is 5.82 Å². The third-order valence-electron chi connectivity index (χ3n) is 7.59. The molecule has 0 bridgehead atoms. The average Bonchev–Trinajstić information content (AvgIpc) is 2.93. The van der Waals surface area contributed by atoms with Crippen LogP contribution in [-0.2, 0) is 4.79 Å². The van der Waals surface area contributed by atoms with Crippen LogP contribution in [0.3, 0.4) is 0 Å². The van der Waals surface area contributed by atoms with Crippen molar-refractivity contribution in [1.29, 1.82) is 0 Å². The Morgan fingerprint density at radius 1 is 1.00 bits per heavy atom. The molecule has 1 aliphatic rings. The number of carbonyl (C=O) groups is 1. The van der Waals surface area contributed by atoms with Gasteiger partial charge in [-0.15, -0.1) is 0 Å². The first-order valence-electron chi connectivity index (χ1n) is 13.6. The Hall–Kier alpha value is -4.17. The van der Waals surface area contributed by atoms with E-state index in [9.17, 15) is 4.79 Å². The molecule has 1 atom stereocenters. The number of nitrogens with two attached hydrogens (primary N) is 1. The van der Waals surface area contributed by atoms with E-state index in [-0.39, 0.29) is 11.7 Å². The first-order valence-corrected chi connectivity index (χ1v) is 13.6. The lowest BCUT2D eigenvalue weighted by Gasteiger charge is -2.31. The molecule has 39 heavy (non-hydrogen) atoms. The van der Waals surface area contributed by atoms with Crippen molar-refractivity contribution in [3.05, 3.63) is 96.5 Å². The first-order chi connectivity index (χ1) is 18.9. The number of hydrogen-bond acceptors (Lipinski definition) is 5. The lowest BCUT2D eigenvalue weighted by Crippen LogP contribution is -2.20. The number of nitrogen functional groups attached to an aromatic ring is 1. The number of nitrogens with zero attached hydrogens (tertiary/aromatic N) is 2. The van der Waals surface area contributed by atoms with Gasteiger partial charge in [0, 0.05) is 17.9 Å². The zero-order chi connectivity index (χ0) is 27.8. The molecule has 0 radical (unpaired) electrons. The minimum absolute atomic E-state index is 0.0388. The van der Waals surface area contributed by atoms with Crippen LogP contribution in [0.1, 0.15) is 75.1 Å². The number of hydrogen-bond donors (Lipinski definition) is 1. The van der Waals surface area contributed by atoms with Gasteiger partial charge in [0.15, 0.2) is 0 Å². The zero-order valence-electron chi connectivity index (χ0n) is 23.0. The second kappa shape index (κ2) is 13.1. The minimum Gasteiger partial charge on any atom is -0.457 e. The Balaban J connectivity index is 1.50. The summed E-state index contributed by atoms with van der Waals surface area (Å²) >= 11 is 0. The van der Waals surface area contributed by atoms with Crippen molar-refractivity contribution in [1.82, 2.24) is 9.97 Å². The fourth-order valence-corrected chi connectivity index (χ4v) is 5.48. The molecule has 5 heteroatoms. The van der Waals surface area contributed by atoms with Crippen LogP contribution in [0.5, 0.6) is 11.5 Å². The molecule has 5 nitrogen and oxygen atoms in total. The Labute approximate surface area is 232 Å². The predicted molar refractivity (Wildman–Crippen MR) is 158 cm³/mol. The van der Waals surface area contributed by atoms with Crippen LogP contribution in [0.15, 0.2) is 79.7 Å². The maximum Gasteiger partial charge on any atom is 0.205 e. The van der Waals surface area contributed by atoms with E-state index >= 15 is 0 Å². The maximum atomic E-state index is 12.0. The van der Waals surface area contributed by atoms with E-state index in [2.05, 4.69) is 36.9 Å². The molecule has 1 aromatic heterocycles. The van der Waals surface area contributed by atoms with E-state index in [1.165, 1.54) is 6.33 Å². The highest BCUT2D eigenvalue weighted by Crippen LogP contribution is 2.41. The molecule has 1 saturated carbocycles. The number of ether oxygens (including phenoxy) is 1. The number of rotatable bonds is 10. The summed E-state index contributed by atoms with van der Waals surface area (Å²) in [6, 6.07) is 17.5. The van der Waals surface area contributed by atoms with Crippen molar-refractivity contribution in [3.8, 4) is 23.3 Å². The summed E-state index contributed by atoms with van der Waals surface area (Å²) in [5.74, 6) is 8.40. The van der Waals surface area contributed by atoms with Crippen molar-refractivity contribution >= 4 is 17.2 Å². The van der Waals surface area contributed by atoms with Crippen molar-refractivity contribution in [3.63, 3.8) is 0 Å². The number of carbonyl (C=O) groups excluding carboxylic acids is 1. The molecule has 4 rings (SSSR count). The molecular weight excluding hydrogens is 482 g/mol. The maximum absolute atomic E-state index is 12.0. The minimum atomic E-state index is 0.0388. The van der Waals surface area contributed by atoms with Gasteiger partial charge in [-0.3, -0.25) is 4.79 Å². The molecule has 1 heterocycles. The van der Waals surface area contributed by atoms with Gasteiger partial charge >= 0.3 is 0 Å². The van der Waals surface area contributed by atoms with E-state index in [1.807, 2.05) is 54.6 Å². The topological polar surface area (TPSA) is 78.1 Å². The normalized spacial score (nSPS) is 17.4. The summed E-state index contributed by atoms with van der Waals surface area (Å²) in [6.07, 6.45) is 7.30. The highest BCUT2D eigenvalue weighted by atomic mass is 16.5. The summed E-state index contributed by atoms with van der Waals surface area (Å²) < 4.78 is 5.95. The number of aromatic nitrogens is 2. The van der Waals surface area contributed by atoms with Gasteiger partial charge in [0.2, 0.25) is 5.78 Å². The number of allylic oxidation sites excluding steroid dienone is 1. The molecule has 0 saturated heterocycles. The lowest BCUT2D eigenvalue weighted by atomic mass is 9.74. The molecular formula is C34H37N3O2. The van der Waals surface area contributed by atoms with Gasteiger partial charge in [0.1, 0.15) is 23.6 Å². The smallest absolute Gasteiger partial charge is 0.205 e. The van der Waals surface area contributed by atoms with Crippen LogP contribution in [0.2, 0.25) is 0 Å². The molecule has 0 spiro atoms. The highest BCUT2D eigenvalue weighted by Gasteiger charge is 2.29. The number of ketones is 1. The summed E-state index contributed by atoms with van der Waals surface area (Å²) in [7, 11) is 0. The van der Waals surface area contributed by atoms with Gasteiger partial charge in [-0.2, -0.15) is 0 Å². The molecule has 3 aromatic rings. The second-order valence-corrected chi connectivity index (χ2v) is 10.5. The summed E-state index contributed by atoms with van der Waals surface area (Å²) in [6.45, 7) is 12.5. The van der Waals surface area contributed by atoms with E-state index < -0.39 is 0 Å². The monoisotopic (exact) mass is 519 g/mol. The summed E-state index contributed by atoms with van der Waals surface area (Å²) in [5, 5.41) is 0. The quantitative estimate of drug-likeness (QED) is 0.168. The Kier molecular flexibility index (Phi) is 9.33. The number of para-hydroxylation sites is 1. The van der Waals surface area contributed by atoms with Crippen LogP contribution in [-0.4, -0.2) is 15.8 Å². The van der Waals surface area contributed by atoms with Crippen molar-refractivity contribution in [2.24, 2.45) is 11.8 Å². The van der Waals surface area contributed by atoms with Gasteiger partial charge < -0.3 is 10.5 Å². The van der Waals surface area contributed by atoms with E-state index in [0.29, 0.717) is 24.1 Å². The molecule has 1 unspecified atom stereocenters. The fraction of sp³-hybridized carbons (Fsp3) is 0.324. The van der Waals surface area contributed by atoms with Gasteiger partial charge in [-0.1, -0.05) is 67.8 Å². The molecule has 0 aliphatic heterocycles.